The van der Waals surface area contributed by atoms with E-state index in [-0.39, 0.29) is 11.3 Å². The number of amides is 1. The number of fused-ring (bicyclic) bond motifs is 1. The van der Waals surface area contributed by atoms with Gasteiger partial charge in [0.05, 0.1) is 12.2 Å². The highest BCUT2D eigenvalue weighted by molar-refractivity contribution is 5.93. The predicted molar refractivity (Wildman–Crippen MR) is 90.5 cm³/mol. The van der Waals surface area contributed by atoms with E-state index in [4.69, 9.17) is 4.52 Å². The summed E-state index contributed by atoms with van der Waals surface area (Å²) in [4.78, 5) is 12.5. The molecule has 6 nitrogen and oxygen atoms in total. The largest absolute Gasteiger partial charge is 0.360 e. The highest BCUT2D eigenvalue weighted by Crippen LogP contribution is 2.38. The Hall–Kier alpha value is -2.11. The molecule has 130 valence electrons. The molecule has 2 aromatic heterocycles. The maximum absolute atomic E-state index is 12.5. The molecule has 0 radical (unpaired) electrons. The molecule has 3 rings (SSSR count). The van der Waals surface area contributed by atoms with Gasteiger partial charge in [0.15, 0.2) is 5.69 Å². The number of carbonyl (C=O) groups is 1. The van der Waals surface area contributed by atoms with Crippen LogP contribution < -0.4 is 5.32 Å². The lowest BCUT2D eigenvalue weighted by atomic mass is 9.71. The van der Waals surface area contributed by atoms with Crippen LogP contribution in [-0.4, -0.2) is 20.8 Å². The molecular formula is C18H26N4O2. The van der Waals surface area contributed by atoms with E-state index >= 15 is 0 Å². The lowest BCUT2D eigenvalue weighted by Crippen LogP contribution is -2.29. The van der Waals surface area contributed by atoms with Crippen molar-refractivity contribution in [3.8, 4) is 0 Å². The Morgan fingerprint density at radius 1 is 1.46 bits per heavy atom. The summed E-state index contributed by atoms with van der Waals surface area (Å²) in [6.45, 7) is 10.00. The Kier molecular flexibility index (Phi) is 4.47. The summed E-state index contributed by atoms with van der Waals surface area (Å²) in [6.07, 6.45) is 4.71. The van der Waals surface area contributed by atoms with Crippen molar-refractivity contribution in [2.24, 2.45) is 11.3 Å². The second kappa shape index (κ2) is 6.42. The maximum Gasteiger partial charge on any atom is 0.274 e. The third-order valence-corrected chi connectivity index (χ3v) is 4.93. The molecule has 0 saturated carbocycles. The van der Waals surface area contributed by atoms with Gasteiger partial charge >= 0.3 is 0 Å². The smallest absolute Gasteiger partial charge is 0.274 e. The molecule has 0 bridgehead atoms. The first-order valence-electron chi connectivity index (χ1n) is 8.66. The van der Waals surface area contributed by atoms with Crippen LogP contribution in [0.4, 0.5) is 0 Å². The summed E-state index contributed by atoms with van der Waals surface area (Å²) in [6, 6.07) is 1.91. The number of carbonyl (C=O) groups excluding carboxylic acids is 1. The van der Waals surface area contributed by atoms with Crippen molar-refractivity contribution < 1.29 is 9.32 Å². The van der Waals surface area contributed by atoms with Crippen molar-refractivity contribution in [3.05, 3.63) is 35.0 Å². The second-order valence-corrected chi connectivity index (χ2v) is 7.58. The first-order chi connectivity index (χ1) is 11.4. The standard InChI is InChI=1S/C18H26N4O2/c1-5-22-9-8-13(20-22)11-19-17(23)16-14-10-12(18(2,3)4)6-7-15(14)24-21-16/h8-9,12H,5-7,10-11H2,1-4H3,(H,19,23)/t12-/m0/s1. The van der Waals surface area contributed by atoms with Gasteiger partial charge < -0.3 is 9.84 Å². The van der Waals surface area contributed by atoms with Crippen LogP contribution in [0.25, 0.3) is 0 Å². The van der Waals surface area contributed by atoms with Crippen LogP contribution >= 0.6 is 0 Å². The van der Waals surface area contributed by atoms with Gasteiger partial charge in [-0.3, -0.25) is 9.48 Å². The molecule has 24 heavy (non-hydrogen) atoms. The van der Waals surface area contributed by atoms with Gasteiger partial charge in [-0.15, -0.1) is 0 Å². The highest BCUT2D eigenvalue weighted by atomic mass is 16.5. The van der Waals surface area contributed by atoms with Crippen molar-refractivity contribution >= 4 is 5.91 Å². The van der Waals surface area contributed by atoms with Crippen molar-refractivity contribution in [3.63, 3.8) is 0 Å². The number of nitrogens with one attached hydrogen (secondary N) is 1. The minimum atomic E-state index is -0.180. The van der Waals surface area contributed by atoms with Crippen LogP contribution in [0.3, 0.4) is 0 Å². The van der Waals surface area contributed by atoms with Gasteiger partial charge in [-0.25, -0.2) is 0 Å². The van der Waals surface area contributed by atoms with E-state index in [2.05, 4.69) is 36.3 Å². The summed E-state index contributed by atoms with van der Waals surface area (Å²) < 4.78 is 7.25. The van der Waals surface area contributed by atoms with E-state index in [1.165, 1.54) is 0 Å². The Labute approximate surface area is 142 Å². The molecule has 1 aliphatic carbocycles. The topological polar surface area (TPSA) is 73.0 Å². The average Bonchev–Trinajstić information content (AvgIpc) is 3.17. The third-order valence-electron chi connectivity index (χ3n) is 4.93. The van der Waals surface area contributed by atoms with Crippen molar-refractivity contribution in [2.45, 2.75) is 60.0 Å². The molecule has 1 atom stereocenters. The van der Waals surface area contributed by atoms with Gasteiger partial charge in [0, 0.05) is 24.7 Å². The molecule has 0 aromatic carbocycles. The summed E-state index contributed by atoms with van der Waals surface area (Å²) >= 11 is 0. The van der Waals surface area contributed by atoms with E-state index in [1.54, 1.807) is 0 Å². The fraction of sp³-hybridized carbons (Fsp3) is 0.611. The maximum atomic E-state index is 12.5. The van der Waals surface area contributed by atoms with E-state index < -0.39 is 0 Å². The molecule has 0 aliphatic heterocycles. The Morgan fingerprint density at radius 3 is 2.92 bits per heavy atom. The van der Waals surface area contributed by atoms with Crippen LogP contribution in [-0.2, 0) is 25.9 Å². The summed E-state index contributed by atoms with van der Waals surface area (Å²) in [7, 11) is 0. The molecule has 1 amide bonds. The highest BCUT2D eigenvalue weighted by Gasteiger charge is 2.34. The van der Waals surface area contributed by atoms with Crippen LogP contribution in [0.1, 0.15) is 61.6 Å². The zero-order valence-corrected chi connectivity index (χ0v) is 14.9. The minimum absolute atomic E-state index is 0.180. The molecule has 1 N–H and O–H groups in total. The van der Waals surface area contributed by atoms with Gasteiger partial charge in [-0.05, 0) is 37.2 Å². The summed E-state index contributed by atoms with van der Waals surface area (Å²) in [5.74, 6) is 1.23. The van der Waals surface area contributed by atoms with E-state index in [0.29, 0.717) is 18.2 Å². The van der Waals surface area contributed by atoms with Gasteiger partial charge in [-0.1, -0.05) is 25.9 Å². The Bertz CT molecular complexity index is 724. The first-order valence-corrected chi connectivity index (χ1v) is 8.66. The number of hydrogen-bond acceptors (Lipinski definition) is 4. The number of aryl methyl sites for hydroxylation is 2. The zero-order valence-electron chi connectivity index (χ0n) is 14.9. The molecule has 1 aliphatic rings. The lowest BCUT2D eigenvalue weighted by molar-refractivity contribution is 0.0940. The number of hydrogen-bond donors (Lipinski definition) is 1. The average molecular weight is 330 g/mol. The normalized spacial score (nSPS) is 17.6. The minimum Gasteiger partial charge on any atom is -0.360 e. The number of rotatable bonds is 4. The molecule has 0 fully saturated rings. The van der Waals surface area contributed by atoms with E-state index in [0.717, 1.165) is 42.8 Å². The van der Waals surface area contributed by atoms with Crippen LogP contribution in [0.15, 0.2) is 16.8 Å². The number of aromatic nitrogens is 3. The van der Waals surface area contributed by atoms with Gasteiger partial charge in [0.1, 0.15) is 5.76 Å². The van der Waals surface area contributed by atoms with Crippen LogP contribution in [0.5, 0.6) is 0 Å². The Balaban J connectivity index is 1.69. The molecule has 0 saturated heterocycles. The molecular weight excluding hydrogens is 304 g/mol. The molecule has 0 unspecified atom stereocenters. The quantitative estimate of drug-likeness (QED) is 0.935. The summed E-state index contributed by atoms with van der Waals surface area (Å²) in [5, 5.41) is 11.3. The van der Waals surface area contributed by atoms with Crippen molar-refractivity contribution in [1.29, 1.82) is 0 Å². The summed E-state index contributed by atoms with van der Waals surface area (Å²) in [5.41, 5.74) is 2.48. The molecule has 2 heterocycles. The monoisotopic (exact) mass is 330 g/mol. The van der Waals surface area contributed by atoms with E-state index in [1.807, 2.05) is 23.9 Å². The van der Waals surface area contributed by atoms with Crippen LogP contribution in [0.2, 0.25) is 0 Å². The van der Waals surface area contributed by atoms with Crippen LogP contribution in [0, 0.1) is 11.3 Å². The molecule has 0 spiro atoms. The van der Waals surface area contributed by atoms with Gasteiger partial charge in [0.2, 0.25) is 0 Å². The predicted octanol–water partition coefficient (Wildman–Crippen LogP) is 2.97. The third kappa shape index (κ3) is 3.37. The number of nitrogens with zero attached hydrogens (tertiary/aromatic N) is 3. The fourth-order valence-electron chi connectivity index (χ4n) is 3.25. The van der Waals surface area contributed by atoms with Crippen molar-refractivity contribution in [2.75, 3.05) is 0 Å². The molecule has 6 heteroatoms. The fourth-order valence-corrected chi connectivity index (χ4v) is 3.25. The zero-order chi connectivity index (χ0) is 17.3. The van der Waals surface area contributed by atoms with E-state index in [9.17, 15) is 4.79 Å². The first kappa shape index (κ1) is 16.7. The Morgan fingerprint density at radius 2 is 2.25 bits per heavy atom. The van der Waals surface area contributed by atoms with Gasteiger partial charge in [-0.2, -0.15) is 5.10 Å². The lowest BCUT2D eigenvalue weighted by Gasteiger charge is -2.33. The van der Waals surface area contributed by atoms with Crippen molar-refractivity contribution in [1.82, 2.24) is 20.3 Å². The molecule has 2 aromatic rings. The SMILES string of the molecule is CCn1ccc(CNC(=O)c2noc3c2C[C@@H](C(C)(C)C)CC3)n1. The second-order valence-electron chi connectivity index (χ2n) is 7.58. The van der Waals surface area contributed by atoms with Gasteiger partial charge in [0.25, 0.3) is 5.91 Å².